The second-order valence-corrected chi connectivity index (χ2v) is 6.31. The number of nitro groups is 2. The minimum atomic E-state index is -0.949. The molecular weight excluding hydrogens is 629 g/mol. The van der Waals surface area contributed by atoms with Gasteiger partial charge in [-0.05, 0) is 16.9 Å². The molecular formula is C22H17CsCuN4O7. The molecule has 179 valence electrons. The SMILES string of the molecule is O=[N+]([O-])c1ccc([O-])c([N+](=O)[O-])c1.[Cs+].[Cu+2].[O-]c1ccccc1C=NCCN=Cc1ccccc1[O-]. The molecule has 0 fully saturated rings. The molecule has 0 saturated heterocycles. The smallest absolute Gasteiger partial charge is 0.872 e. The van der Waals surface area contributed by atoms with Crippen molar-refractivity contribution in [2.45, 2.75) is 0 Å². The summed E-state index contributed by atoms with van der Waals surface area (Å²) in [4.78, 5) is 26.9. The fourth-order valence-electron chi connectivity index (χ4n) is 2.38. The number of nitro benzene ring substituents is 2. The molecule has 1 radical (unpaired) electrons. The Morgan fingerprint density at radius 2 is 1.14 bits per heavy atom. The zero-order valence-corrected chi connectivity index (χ0v) is 25.6. The van der Waals surface area contributed by atoms with E-state index in [1.54, 1.807) is 48.8 Å². The Morgan fingerprint density at radius 3 is 1.54 bits per heavy atom. The van der Waals surface area contributed by atoms with Crippen molar-refractivity contribution >= 4 is 23.8 Å². The summed E-state index contributed by atoms with van der Waals surface area (Å²) in [7, 11) is 0. The van der Waals surface area contributed by atoms with Crippen LogP contribution in [0.4, 0.5) is 11.4 Å². The molecule has 13 heteroatoms. The van der Waals surface area contributed by atoms with Crippen LogP contribution < -0.4 is 84.2 Å². The summed E-state index contributed by atoms with van der Waals surface area (Å²) in [6, 6.07) is 15.8. The van der Waals surface area contributed by atoms with Gasteiger partial charge in [-0.3, -0.25) is 30.2 Å². The van der Waals surface area contributed by atoms with Crippen LogP contribution in [0.2, 0.25) is 0 Å². The van der Waals surface area contributed by atoms with Gasteiger partial charge in [-0.1, -0.05) is 54.6 Å². The number of para-hydroxylation sites is 2. The zero-order valence-electron chi connectivity index (χ0n) is 18.4. The average molecular weight is 646 g/mol. The molecule has 0 aliphatic rings. The van der Waals surface area contributed by atoms with E-state index in [1.165, 1.54) is 12.1 Å². The molecule has 35 heavy (non-hydrogen) atoms. The first kappa shape index (κ1) is 32.8. The van der Waals surface area contributed by atoms with Crippen LogP contribution >= 0.6 is 0 Å². The summed E-state index contributed by atoms with van der Waals surface area (Å²) in [6.45, 7) is 0.956. The van der Waals surface area contributed by atoms with Crippen molar-refractivity contribution < 1.29 is 111 Å². The van der Waals surface area contributed by atoms with Gasteiger partial charge in [0.05, 0.1) is 29.0 Å². The van der Waals surface area contributed by atoms with Crippen LogP contribution in [-0.4, -0.2) is 35.4 Å². The molecule has 0 bridgehead atoms. The van der Waals surface area contributed by atoms with Gasteiger partial charge in [-0.15, -0.1) is 11.5 Å². The fraction of sp³-hybridized carbons (Fsp3) is 0.0909. The molecule has 0 spiro atoms. The molecule has 0 aliphatic heterocycles. The first-order chi connectivity index (χ1) is 15.8. The first-order valence-electron chi connectivity index (χ1n) is 9.41. The third-order valence-corrected chi connectivity index (χ3v) is 4.01. The van der Waals surface area contributed by atoms with Crippen molar-refractivity contribution in [1.29, 1.82) is 0 Å². The monoisotopic (exact) mass is 645 g/mol. The van der Waals surface area contributed by atoms with Crippen LogP contribution in [0.15, 0.2) is 76.7 Å². The van der Waals surface area contributed by atoms with E-state index in [0.717, 1.165) is 12.1 Å². The van der Waals surface area contributed by atoms with E-state index in [4.69, 9.17) is 0 Å². The van der Waals surface area contributed by atoms with Gasteiger partial charge in [-0.2, -0.15) is 0 Å². The second kappa shape index (κ2) is 17.2. The van der Waals surface area contributed by atoms with E-state index in [1.807, 2.05) is 0 Å². The molecule has 3 aromatic carbocycles. The first-order valence-corrected chi connectivity index (χ1v) is 9.41. The maximum absolute atomic E-state index is 11.4. The van der Waals surface area contributed by atoms with E-state index >= 15 is 0 Å². The van der Waals surface area contributed by atoms with Crippen LogP contribution in [0.5, 0.6) is 17.2 Å². The quantitative estimate of drug-likeness (QED) is 0.103. The van der Waals surface area contributed by atoms with Gasteiger partial charge in [0.15, 0.2) is 0 Å². The minimum absolute atomic E-state index is 0. The fourth-order valence-corrected chi connectivity index (χ4v) is 2.38. The van der Waals surface area contributed by atoms with Crippen LogP contribution in [0.25, 0.3) is 0 Å². The minimum Gasteiger partial charge on any atom is -0.872 e. The molecule has 0 N–H and O–H groups in total. The maximum Gasteiger partial charge on any atom is 2.00 e. The van der Waals surface area contributed by atoms with E-state index in [9.17, 15) is 35.5 Å². The van der Waals surface area contributed by atoms with Crippen LogP contribution in [0.1, 0.15) is 11.1 Å². The Labute approximate surface area is 269 Å². The van der Waals surface area contributed by atoms with Gasteiger partial charge >= 0.3 is 86.0 Å². The summed E-state index contributed by atoms with van der Waals surface area (Å²) in [6.07, 6.45) is 3.11. The summed E-state index contributed by atoms with van der Waals surface area (Å²) in [5.74, 6) is -0.921. The molecule has 0 saturated carbocycles. The van der Waals surface area contributed by atoms with Crippen molar-refractivity contribution in [3.8, 4) is 17.2 Å². The number of benzene rings is 3. The third-order valence-electron chi connectivity index (χ3n) is 4.01. The zero-order chi connectivity index (χ0) is 24.2. The van der Waals surface area contributed by atoms with Crippen molar-refractivity contribution in [1.82, 2.24) is 0 Å². The van der Waals surface area contributed by atoms with Gasteiger partial charge in [0.2, 0.25) is 0 Å². The Bertz CT molecular complexity index is 1140. The van der Waals surface area contributed by atoms with Crippen molar-refractivity contribution in [2.24, 2.45) is 9.98 Å². The van der Waals surface area contributed by atoms with Crippen LogP contribution in [0, 0.1) is 20.2 Å². The largest absolute Gasteiger partial charge is 2.00 e. The predicted molar refractivity (Wildman–Crippen MR) is 116 cm³/mol. The number of hydrogen-bond acceptors (Lipinski definition) is 9. The Morgan fingerprint density at radius 1 is 0.686 bits per heavy atom. The van der Waals surface area contributed by atoms with Crippen LogP contribution in [0.3, 0.4) is 0 Å². The standard InChI is InChI=1S/C16H16N2O2.C6H4N2O5.Cs.Cu/c19-15-7-3-1-5-13(15)11-17-9-10-18-12-14-6-2-4-8-16(14)20;9-6-2-1-4(7(10)11)3-5(6)8(12)13;;/h1-8,11-12,19-20H,9-10H2;1-3,9H;;/q;;+1;+2/p-3. The van der Waals surface area contributed by atoms with E-state index in [0.29, 0.717) is 30.3 Å². The summed E-state index contributed by atoms with van der Waals surface area (Å²) >= 11 is 0. The number of nitrogens with zero attached hydrogens (tertiary/aromatic N) is 4. The molecule has 3 aromatic rings. The van der Waals surface area contributed by atoms with Gasteiger partial charge in [-0.25, -0.2) is 0 Å². The van der Waals surface area contributed by atoms with Crippen molar-refractivity contribution in [3.05, 3.63) is 98.1 Å². The molecule has 0 aromatic heterocycles. The normalized spacial score (nSPS) is 10.1. The van der Waals surface area contributed by atoms with Crippen molar-refractivity contribution in [2.75, 3.05) is 13.1 Å². The summed E-state index contributed by atoms with van der Waals surface area (Å²) in [5.41, 5.74) is -0.108. The molecule has 11 nitrogen and oxygen atoms in total. The number of hydrogen-bond donors (Lipinski definition) is 0. The summed E-state index contributed by atoms with van der Waals surface area (Å²) in [5, 5.41) is 53.9. The Kier molecular flexibility index (Phi) is 16.1. The number of aliphatic imine (C=N–C) groups is 2. The number of rotatable bonds is 7. The van der Waals surface area contributed by atoms with Crippen molar-refractivity contribution in [3.63, 3.8) is 0 Å². The average Bonchev–Trinajstić information content (AvgIpc) is 2.79. The van der Waals surface area contributed by atoms with Gasteiger partial charge in [0, 0.05) is 18.5 Å². The number of non-ortho nitro benzene ring substituents is 1. The molecule has 0 unspecified atom stereocenters. The molecule has 0 heterocycles. The molecule has 0 amide bonds. The van der Waals surface area contributed by atoms with E-state index in [-0.39, 0.29) is 97.5 Å². The third kappa shape index (κ3) is 11.4. The summed E-state index contributed by atoms with van der Waals surface area (Å²) < 4.78 is 0. The Balaban J connectivity index is 0.000000677. The Hall–Kier alpha value is -2.23. The predicted octanol–water partition coefficient (Wildman–Crippen LogP) is -1.05. The second-order valence-electron chi connectivity index (χ2n) is 6.31. The van der Waals surface area contributed by atoms with Gasteiger partial charge < -0.3 is 15.3 Å². The molecule has 0 aliphatic carbocycles. The van der Waals surface area contributed by atoms with Gasteiger partial charge in [0.1, 0.15) is 0 Å². The van der Waals surface area contributed by atoms with E-state index < -0.39 is 27.0 Å². The van der Waals surface area contributed by atoms with E-state index in [2.05, 4.69) is 9.98 Å². The molecule has 0 atom stereocenters. The topological polar surface area (TPSA) is 180 Å². The van der Waals surface area contributed by atoms with Gasteiger partial charge in [0.25, 0.3) is 11.4 Å². The molecule has 3 rings (SSSR count). The van der Waals surface area contributed by atoms with Crippen LogP contribution in [-0.2, 0) is 17.1 Å². The maximum atomic E-state index is 11.4.